The van der Waals surface area contributed by atoms with Crippen molar-refractivity contribution < 1.29 is 0 Å². The largest absolute Gasteiger partial charge is 0.175 e. The smallest absolute Gasteiger partial charge is 0.131 e. The van der Waals surface area contributed by atoms with Crippen molar-refractivity contribution in [2.24, 2.45) is 0 Å². The van der Waals surface area contributed by atoms with E-state index in [4.69, 9.17) is 0 Å². The standard InChI is InChI=1S/C13H15BrN2S3/c1-2-3-7-17-12-15-16-13(19-12)18-9-10-5-4-6-11(14)8-10/h4-6,8H,2-3,7,9H2,1H3. The molecule has 2 rings (SSSR count). The van der Waals surface area contributed by atoms with Gasteiger partial charge < -0.3 is 0 Å². The molecule has 6 heteroatoms. The fraction of sp³-hybridized carbons (Fsp3) is 0.385. The molecular weight excluding hydrogens is 360 g/mol. The molecule has 0 spiro atoms. The normalized spacial score (nSPS) is 10.8. The summed E-state index contributed by atoms with van der Waals surface area (Å²) >= 11 is 8.76. The third-order valence-electron chi connectivity index (χ3n) is 2.36. The van der Waals surface area contributed by atoms with E-state index in [0.717, 1.165) is 24.7 Å². The second-order valence-electron chi connectivity index (χ2n) is 3.95. The first-order valence-corrected chi connectivity index (χ1v) is 9.69. The van der Waals surface area contributed by atoms with Gasteiger partial charge in [-0.3, -0.25) is 0 Å². The van der Waals surface area contributed by atoms with E-state index in [2.05, 4.69) is 51.3 Å². The van der Waals surface area contributed by atoms with Gasteiger partial charge in [0, 0.05) is 16.0 Å². The van der Waals surface area contributed by atoms with Crippen molar-refractivity contribution in [1.82, 2.24) is 10.2 Å². The van der Waals surface area contributed by atoms with Crippen molar-refractivity contribution in [2.45, 2.75) is 34.2 Å². The number of halogens is 1. The summed E-state index contributed by atoms with van der Waals surface area (Å²) < 4.78 is 3.27. The van der Waals surface area contributed by atoms with Crippen molar-refractivity contribution in [3.05, 3.63) is 34.3 Å². The van der Waals surface area contributed by atoms with Crippen LogP contribution in [0.2, 0.25) is 0 Å². The Morgan fingerprint density at radius 2 is 2.00 bits per heavy atom. The maximum absolute atomic E-state index is 4.23. The van der Waals surface area contributed by atoms with Crippen molar-refractivity contribution in [3.63, 3.8) is 0 Å². The summed E-state index contributed by atoms with van der Waals surface area (Å²) in [7, 11) is 0. The van der Waals surface area contributed by atoms with Crippen molar-refractivity contribution in [2.75, 3.05) is 5.75 Å². The average molecular weight is 375 g/mol. The molecule has 0 saturated heterocycles. The van der Waals surface area contributed by atoms with E-state index < -0.39 is 0 Å². The molecule has 1 heterocycles. The summed E-state index contributed by atoms with van der Waals surface area (Å²) in [6.07, 6.45) is 2.47. The van der Waals surface area contributed by atoms with Crippen LogP contribution in [0.3, 0.4) is 0 Å². The Bertz CT molecular complexity index is 516. The monoisotopic (exact) mass is 374 g/mol. The maximum Gasteiger partial charge on any atom is 0.175 e. The molecule has 0 unspecified atom stereocenters. The summed E-state index contributed by atoms with van der Waals surface area (Å²) in [6, 6.07) is 8.38. The van der Waals surface area contributed by atoms with Crippen LogP contribution in [-0.2, 0) is 5.75 Å². The first-order valence-electron chi connectivity index (χ1n) is 6.11. The molecule has 2 nitrogen and oxygen atoms in total. The molecule has 0 bridgehead atoms. The van der Waals surface area contributed by atoms with Crippen molar-refractivity contribution >= 4 is 50.8 Å². The molecule has 0 N–H and O–H groups in total. The molecule has 0 fully saturated rings. The number of unbranched alkanes of at least 4 members (excludes halogenated alkanes) is 1. The van der Waals surface area contributed by atoms with Gasteiger partial charge in [0.2, 0.25) is 0 Å². The second kappa shape index (κ2) is 8.29. The van der Waals surface area contributed by atoms with E-state index in [1.165, 1.54) is 18.4 Å². The van der Waals surface area contributed by atoms with E-state index in [0.29, 0.717) is 0 Å². The van der Waals surface area contributed by atoms with Gasteiger partial charge in [0.25, 0.3) is 0 Å². The SMILES string of the molecule is CCCCSc1nnc(SCc2cccc(Br)c2)s1. The number of hydrogen-bond donors (Lipinski definition) is 0. The minimum Gasteiger partial charge on any atom is -0.131 e. The van der Waals surface area contributed by atoms with E-state index in [-0.39, 0.29) is 0 Å². The Hall–Kier alpha value is -0.0400. The first-order chi connectivity index (χ1) is 9.28. The minimum absolute atomic E-state index is 0.938. The molecular formula is C13H15BrN2S3. The van der Waals surface area contributed by atoms with Crippen LogP contribution in [0, 0.1) is 0 Å². The molecule has 19 heavy (non-hydrogen) atoms. The van der Waals surface area contributed by atoms with E-state index in [9.17, 15) is 0 Å². The number of hydrogen-bond acceptors (Lipinski definition) is 5. The number of thioether (sulfide) groups is 2. The number of aromatic nitrogens is 2. The fourth-order valence-electron chi connectivity index (χ4n) is 1.39. The second-order valence-corrected chi connectivity index (χ2v) is 8.41. The maximum atomic E-state index is 4.23. The number of rotatable bonds is 7. The molecule has 0 aliphatic rings. The lowest BCUT2D eigenvalue weighted by Crippen LogP contribution is -1.80. The van der Waals surface area contributed by atoms with Crippen LogP contribution in [0.5, 0.6) is 0 Å². The van der Waals surface area contributed by atoms with Crippen LogP contribution in [0.25, 0.3) is 0 Å². The van der Waals surface area contributed by atoms with E-state index >= 15 is 0 Å². The van der Waals surface area contributed by atoms with Crippen molar-refractivity contribution in [3.8, 4) is 0 Å². The van der Waals surface area contributed by atoms with Crippen LogP contribution < -0.4 is 0 Å². The van der Waals surface area contributed by atoms with Crippen LogP contribution >= 0.6 is 50.8 Å². The highest BCUT2D eigenvalue weighted by atomic mass is 79.9. The summed E-state index contributed by atoms with van der Waals surface area (Å²) in [5.74, 6) is 2.08. The fourth-order valence-corrected chi connectivity index (χ4v) is 4.95. The highest BCUT2D eigenvalue weighted by Crippen LogP contribution is 2.31. The Morgan fingerprint density at radius 1 is 1.21 bits per heavy atom. The zero-order chi connectivity index (χ0) is 13.5. The predicted molar refractivity (Wildman–Crippen MR) is 89.2 cm³/mol. The van der Waals surface area contributed by atoms with Gasteiger partial charge in [-0.2, -0.15) is 0 Å². The van der Waals surface area contributed by atoms with Crippen molar-refractivity contribution in [1.29, 1.82) is 0 Å². The lowest BCUT2D eigenvalue weighted by molar-refractivity contribution is 0.892. The van der Waals surface area contributed by atoms with Crippen LogP contribution in [-0.4, -0.2) is 16.0 Å². The van der Waals surface area contributed by atoms with Gasteiger partial charge >= 0.3 is 0 Å². The lowest BCUT2D eigenvalue weighted by Gasteiger charge is -1.98. The molecule has 0 aliphatic carbocycles. The Morgan fingerprint density at radius 3 is 2.74 bits per heavy atom. The van der Waals surface area contributed by atoms with E-state index in [1.807, 2.05) is 17.8 Å². The molecule has 0 atom stereocenters. The van der Waals surface area contributed by atoms with Gasteiger partial charge in [0.15, 0.2) is 8.68 Å². The van der Waals surface area contributed by atoms with Gasteiger partial charge in [-0.25, -0.2) is 0 Å². The van der Waals surface area contributed by atoms with Gasteiger partial charge in [0.1, 0.15) is 0 Å². The third-order valence-corrected chi connectivity index (χ3v) is 6.20. The molecule has 1 aromatic heterocycles. The average Bonchev–Trinajstić information content (AvgIpc) is 2.85. The molecule has 2 aromatic rings. The molecule has 0 radical (unpaired) electrons. The first kappa shape index (κ1) is 15.4. The zero-order valence-corrected chi connectivity index (χ0v) is 14.7. The van der Waals surface area contributed by atoms with Gasteiger partial charge in [0.05, 0.1) is 0 Å². The van der Waals surface area contributed by atoms with Gasteiger partial charge in [-0.05, 0) is 24.1 Å². The van der Waals surface area contributed by atoms with E-state index in [1.54, 1.807) is 23.1 Å². The molecule has 1 aromatic carbocycles. The summed E-state index contributed by atoms with van der Waals surface area (Å²) in [6.45, 7) is 2.21. The molecule has 0 amide bonds. The predicted octanol–water partition coefficient (Wildman–Crippen LogP) is 5.49. The minimum atomic E-state index is 0.938. The van der Waals surface area contributed by atoms with Crippen LogP contribution in [0.1, 0.15) is 25.3 Å². The lowest BCUT2D eigenvalue weighted by atomic mass is 10.2. The van der Waals surface area contributed by atoms with Crippen LogP contribution in [0.4, 0.5) is 0 Å². The Labute approximate surface area is 134 Å². The zero-order valence-electron chi connectivity index (χ0n) is 10.6. The summed E-state index contributed by atoms with van der Waals surface area (Å²) in [5, 5.41) is 8.45. The van der Waals surface area contributed by atoms with Gasteiger partial charge in [-0.1, -0.05) is 76.3 Å². The highest BCUT2D eigenvalue weighted by molar-refractivity contribution is 9.10. The third kappa shape index (κ3) is 5.45. The van der Waals surface area contributed by atoms with Gasteiger partial charge in [-0.15, -0.1) is 10.2 Å². The molecule has 0 saturated carbocycles. The summed E-state index contributed by atoms with van der Waals surface area (Å²) in [5.41, 5.74) is 1.30. The topological polar surface area (TPSA) is 25.8 Å². The number of nitrogens with zero attached hydrogens (tertiary/aromatic N) is 2. The van der Waals surface area contributed by atoms with Crippen LogP contribution in [0.15, 0.2) is 37.4 Å². The Balaban J connectivity index is 1.83. The highest BCUT2D eigenvalue weighted by Gasteiger charge is 2.05. The summed E-state index contributed by atoms with van der Waals surface area (Å²) in [4.78, 5) is 0. The molecule has 0 aliphatic heterocycles. The molecule has 102 valence electrons. The number of benzene rings is 1. The Kier molecular flexibility index (Phi) is 6.70. The quantitative estimate of drug-likeness (QED) is 0.472.